The predicted molar refractivity (Wildman–Crippen MR) is 112 cm³/mol. The molecule has 6 nitrogen and oxygen atoms in total. The van der Waals surface area contributed by atoms with Crippen molar-refractivity contribution in [2.24, 2.45) is 0 Å². The van der Waals surface area contributed by atoms with E-state index in [9.17, 15) is 10.1 Å². The van der Waals surface area contributed by atoms with E-state index in [4.69, 9.17) is 9.47 Å². The molecule has 0 unspecified atom stereocenters. The van der Waals surface area contributed by atoms with Crippen molar-refractivity contribution in [3.05, 3.63) is 65.7 Å². The standard InChI is InChI=1S/C22H19N3O3S/c1-14-9-17(15-5-4-8-24-12-15)18(11-23)22(25-14)19(26)13-29-16-6-7-20(27-2)21(10-16)28-3/h4-10,12H,13H2,1-3H3. The second-order valence-electron chi connectivity index (χ2n) is 6.12. The van der Waals surface area contributed by atoms with Crippen LogP contribution in [0.3, 0.4) is 0 Å². The molecular formula is C22H19N3O3S. The molecular weight excluding hydrogens is 386 g/mol. The number of benzene rings is 1. The van der Waals surface area contributed by atoms with Crippen LogP contribution in [0.2, 0.25) is 0 Å². The minimum atomic E-state index is -0.213. The highest BCUT2D eigenvalue weighted by atomic mass is 32.2. The molecule has 0 N–H and O–H groups in total. The van der Waals surface area contributed by atoms with E-state index in [1.807, 2.05) is 18.2 Å². The lowest BCUT2D eigenvalue weighted by atomic mass is 9.99. The summed E-state index contributed by atoms with van der Waals surface area (Å²) in [4.78, 5) is 22.2. The van der Waals surface area contributed by atoms with Crippen LogP contribution in [0.25, 0.3) is 11.1 Å². The first-order valence-electron chi connectivity index (χ1n) is 8.77. The molecule has 7 heteroatoms. The van der Waals surface area contributed by atoms with Crippen molar-refractivity contribution in [3.63, 3.8) is 0 Å². The van der Waals surface area contributed by atoms with Crippen LogP contribution in [0.1, 0.15) is 21.7 Å². The van der Waals surface area contributed by atoms with Gasteiger partial charge in [0.2, 0.25) is 0 Å². The van der Waals surface area contributed by atoms with E-state index in [0.29, 0.717) is 22.8 Å². The number of carbonyl (C=O) groups is 1. The first-order chi connectivity index (χ1) is 14.1. The van der Waals surface area contributed by atoms with Gasteiger partial charge in [-0.15, -0.1) is 11.8 Å². The fourth-order valence-corrected chi connectivity index (χ4v) is 3.65. The Morgan fingerprint density at radius 3 is 2.62 bits per heavy atom. The number of hydrogen-bond acceptors (Lipinski definition) is 7. The Kier molecular flexibility index (Phi) is 6.47. The van der Waals surface area contributed by atoms with Crippen molar-refractivity contribution in [2.45, 2.75) is 11.8 Å². The second kappa shape index (κ2) is 9.22. The normalized spacial score (nSPS) is 10.3. The van der Waals surface area contributed by atoms with Gasteiger partial charge in [0, 0.05) is 34.1 Å². The highest BCUT2D eigenvalue weighted by Gasteiger charge is 2.19. The Morgan fingerprint density at radius 1 is 1.17 bits per heavy atom. The van der Waals surface area contributed by atoms with E-state index >= 15 is 0 Å². The molecule has 2 aromatic heterocycles. The van der Waals surface area contributed by atoms with Gasteiger partial charge in [0.25, 0.3) is 0 Å². The average Bonchev–Trinajstić information content (AvgIpc) is 2.77. The fraction of sp³-hybridized carbons (Fsp3) is 0.182. The Balaban J connectivity index is 1.88. The summed E-state index contributed by atoms with van der Waals surface area (Å²) in [5, 5.41) is 9.71. The summed E-state index contributed by atoms with van der Waals surface area (Å²) in [7, 11) is 3.13. The summed E-state index contributed by atoms with van der Waals surface area (Å²) >= 11 is 1.35. The summed E-state index contributed by atoms with van der Waals surface area (Å²) < 4.78 is 10.5. The van der Waals surface area contributed by atoms with Crippen LogP contribution in [0, 0.1) is 18.3 Å². The van der Waals surface area contributed by atoms with Crippen molar-refractivity contribution in [1.29, 1.82) is 5.26 Å². The van der Waals surface area contributed by atoms with Crippen molar-refractivity contribution in [3.8, 4) is 28.7 Å². The molecule has 0 radical (unpaired) electrons. The van der Waals surface area contributed by atoms with Crippen LogP contribution < -0.4 is 9.47 Å². The first-order valence-corrected chi connectivity index (χ1v) is 9.76. The zero-order chi connectivity index (χ0) is 20.8. The van der Waals surface area contributed by atoms with Crippen LogP contribution in [0.4, 0.5) is 0 Å². The molecule has 1 aromatic carbocycles. The van der Waals surface area contributed by atoms with Gasteiger partial charge in [0.05, 0.1) is 25.5 Å². The summed E-state index contributed by atoms with van der Waals surface area (Å²) in [6.45, 7) is 1.80. The van der Waals surface area contributed by atoms with Gasteiger partial charge in [0.1, 0.15) is 11.8 Å². The Hall–Kier alpha value is -3.37. The zero-order valence-electron chi connectivity index (χ0n) is 16.3. The van der Waals surface area contributed by atoms with E-state index < -0.39 is 0 Å². The molecule has 0 aliphatic heterocycles. The average molecular weight is 405 g/mol. The zero-order valence-corrected chi connectivity index (χ0v) is 17.1. The summed E-state index contributed by atoms with van der Waals surface area (Å²) in [6.07, 6.45) is 3.33. The molecule has 0 saturated heterocycles. The van der Waals surface area contributed by atoms with Crippen LogP contribution in [-0.4, -0.2) is 35.7 Å². The van der Waals surface area contributed by atoms with Crippen molar-refractivity contribution in [2.75, 3.05) is 20.0 Å². The van der Waals surface area contributed by atoms with Crippen LogP contribution in [0.5, 0.6) is 11.5 Å². The van der Waals surface area contributed by atoms with Crippen molar-refractivity contribution >= 4 is 17.5 Å². The fourth-order valence-electron chi connectivity index (χ4n) is 2.86. The second-order valence-corrected chi connectivity index (χ2v) is 7.17. The van der Waals surface area contributed by atoms with E-state index in [1.54, 1.807) is 51.7 Å². The maximum absolute atomic E-state index is 12.9. The molecule has 146 valence electrons. The third-order valence-corrected chi connectivity index (χ3v) is 5.21. The number of Topliss-reactive ketones (excluding diaryl/α,β-unsaturated/α-hetero) is 1. The Labute approximate surface area is 173 Å². The van der Waals surface area contributed by atoms with Crippen LogP contribution >= 0.6 is 11.8 Å². The number of aryl methyl sites for hydroxylation is 1. The highest BCUT2D eigenvalue weighted by Crippen LogP contribution is 2.32. The SMILES string of the molecule is COc1ccc(SCC(=O)c2nc(C)cc(-c3cccnc3)c2C#N)cc1OC. The maximum Gasteiger partial charge on any atom is 0.192 e. The van der Waals surface area contributed by atoms with Crippen LogP contribution in [-0.2, 0) is 0 Å². The lowest BCUT2D eigenvalue weighted by Gasteiger charge is -2.11. The molecule has 0 bridgehead atoms. The lowest BCUT2D eigenvalue weighted by Crippen LogP contribution is -2.10. The number of nitrogens with zero attached hydrogens (tertiary/aromatic N) is 3. The monoisotopic (exact) mass is 405 g/mol. The number of ketones is 1. The molecule has 0 amide bonds. The maximum atomic E-state index is 12.9. The molecule has 0 aliphatic carbocycles. The van der Waals surface area contributed by atoms with Crippen molar-refractivity contribution < 1.29 is 14.3 Å². The van der Waals surface area contributed by atoms with Crippen molar-refractivity contribution in [1.82, 2.24) is 9.97 Å². The van der Waals surface area contributed by atoms with Gasteiger partial charge in [-0.3, -0.25) is 9.78 Å². The van der Waals surface area contributed by atoms with Gasteiger partial charge in [-0.05, 0) is 37.3 Å². The predicted octanol–water partition coefficient (Wildman–Crippen LogP) is 4.32. The lowest BCUT2D eigenvalue weighted by molar-refractivity contribution is 0.101. The number of pyridine rings is 2. The first kappa shape index (κ1) is 20.4. The van der Waals surface area contributed by atoms with Gasteiger partial charge in [-0.1, -0.05) is 6.07 Å². The largest absolute Gasteiger partial charge is 0.493 e. The van der Waals surface area contributed by atoms with E-state index in [-0.39, 0.29) is 22.8 Å². The number of thioether (sulfide) groups is 1. The van der Waals surface area contributed by atoms with Gasteiger partial charge in [-0.25, -0.2) is 4.98 Å². The number of nitriles is 1. The van der Waals surface area contributed by atoms with Gasteiger partial charge >= 0.3 is 0 Å². The summed E-state index contributed by atoms with van der Waals surface area (Å²) in [5.41, 5.74) is 2.55. The third kappa shape index (κ3) is 4.55. The van der Waals surface area contributed by atoms with Gasteiger partial charge < -0.3 is 9.47 Å². The van der Waals surface area contributed by atoms with E-state index in [0.717, 1.165) is 10.5 Å². The smallest absolute Gasteiger partial charge is 0.192 e. The Morgan fingerprint density at radius 2 is 1.97 bits per heavy atom. The van der Waals surface area contributed by atoms with Crippen LogP contribution in [0.15, 0.2) is 53.7 Å². The minimum Gasteiger partial charge on any atom is -0.493 e. The number of hydrogen-bond donors (Lipinski definition) is 0. The van der Waals surface area contributed by atoms with E-state index in [1.165, 1.54) is 11.8 Å². The molecule has 0 fully saturated rings. The molecule has 29 heavy (non-hydrogen) atoms. The van der Waals surface area contributed by atoms with Gasteiger partial charge in [-0.2, -0.15) is 5.26 Å². The molecule has 2 heterocycles. The molecule has 0 spiro atoms. The molecule has 0 saturated carbocycles. The number of rotatable bonds is 7. The summed E-state index contributed by atoms with van der Waals surface area (Å²) in [6, 6.07) is 13.1. The summed E-state index contributed by atoms with van der Waals surface area (Å²) in [5.74, 6) is 1.15. The number of methoxy groups -OCH3 is 2. The Bertz CT molecular complexity index is 1080. The topological polar surface area (TPSA) is 85.1 Å². The number of ether oxygens (including phenoxy) is 2. The molecule has 0 atom stereocenters. The molecule has 3 rings (SSSR count). The van der Waals surface area contributed by atoms with E-state index in [2.05, 4.69) is 16.0 Å². The minimum absolute atomic E-state index is 0.146. The number of aromatic nitrogens is 2. The van der Waals surface area contributed by atoms with Gasteiger partial charge in [0.15, 0.2) is 17.3 Å². The third-order valence-electron chi connectivity index (χ3n) is 4.22. The number of carbonyl (C=O) groups excluding carboxylic acids is 1. The highest BCUT2D eigenvalue weighted by molar-refractivity contribution is 8.00. The quantitative estimate of drug-likeness (QED) is 0.427. The molecule has 0 aliphatic rings. The molecule has 3 aromatic rings.